The predicted octanol–water partition coefficient (Wildman–Crippen LogP) is 0.770. The van der Waals surface area contributed by atoms with Crippen molar-refractivity contribution in [3.05, 3.63) is 17.0 Å². The molecule has 82 valence electrons. The second-order valence-electron chi connectivity index (χ2n) is 4.81. The minimum absolute atomic E-state index is 0.533. The normalized spacial score (nSPS) is 29.5. The fraction of sp³-hybridized carbons (Fsp3) is 0.727. The second kappa shape index (κ2) is 3.06. The zero-order chi connectivity index (χ0) is 10.5. The van der Waals surface area contributed by atoms with Crippen molar-refractivity contribution in [2.75, 3.05) is 6.54 Å². The minimum Gasteiger partial charge on any atom is -0.385 e. The maximum atomic E-state index is 10.5. The van der Waals surface area contributed by atoms with Crippen molar-refractivity contribution in [2.24, 2.45) is 5.73 Å². The fourth-order valence-corrected chi connectivity index (χ4v) is 2.69. The van der Waals surface area contributed by atoms with Crippen molar-refractivity contribution in [1.29, 1.82) is 0 Å². The van der Waals surface area contributed by atoms with E-state index in [2.05, 4.69) is 10.2 Å². The summed E-state index contributed by atoms with van der Waals surface area (Å²) in [6.07, 6.45) is 4.80. The van der Waals surface area contributed by atoms with Gasteiger partial charge in [0.25, 0.3) is 0 Å². The topological polar surface area (TPSA) is 74.9 Å². The van der Waals surface area contributed by atoms with Gasteiger partial charge in [0.05, 0.1) is 11.3 Å². The van der Waals surface area contributed by atoms with Gasteiger partial charge >= 0.3 is 0 Å². The molecule has 0 spiro atoms. The summed E-state index contributed by atoms with van der Waals surface area (Å²) < 4.78 is 0. The average Bonchev–Trinajstić information content (AvgIpc) is 2.87. The van der Waals surface area contributed by atoms with Crippen LogP contribution in [0.1, 0.15) is 48.6 Å². The number of nitrogens with zero attached hydrogens (tertiary/aromatic N) is 1. The molecule has 1 fully saturated rings. The summed E-state index contributed by atoms with van der Waals surface area (Å²) in [5.74, 6) is 0.590. The van der Waals surface area contributed by atoms with Crippen LogP contribution in [0.4, 0.5) is 0 Å². The zero-order valence-corrected chi connectivity index (χ0v) is 8.79. The summed E-state index contributed by atoms with van der Waals surface area (Å²) >= 11 is 0. The van der Waals surface area contributed by atoms with E-state index in [1.165, 1.54) is 12.8 Å². The highest BCUT2D eigenvalue weighted by molar-refractivity contribution is 5.39. The van der Waals surface area contributed by atoms with Crippen LogP contribution >= 0.6 is 0 Å². The monoisotopic (exact) mass is 207 g/mol. The molecule has 0 saturated heterocycles. The molecule has 0 radical (unpaired) electrons. The van der Waals surface area contributed by atoms with Gasteiger partial charge in [-0.25, -0.2) is 0 Å². The molecule has 0 aliphatic heterocycles. The van der Waals surface area contributed by atoms with E-state index in [0.29, 0.717) is 18.9 Å². The van der Waals surface area contributed by atoms with Crippen LogP contribution < -0.4 is 5.73 Å². The van der Waals surface area contributed by atoms with Crippen LogP contribution in [0.5, 0.6) is 0 Å². The third kappa shape index (κ3) is 1.32. The highest BCUT2D eigenvalue weighted by atomic mass is 16.3. The first kappa shape index (κ1) is 9.36. The van der Waals surface area contributed by atoms with Gasteiger partial charge in [-0.3, -0.25) is 5.10 Å². The van der Waals surface area contributed by atoms with Crippen LogP contribution in [0, 0.1) is 0 Å². The van der Waals surface area contributed by atoms with Crippen LogP contribution in [0.2, 0.25) is 0 Å². The van der Waals surface area contributed by atoms with Crippen LogP contribution in [-0.4, -0.2) is 21.8 Å². The van der Waals surface area contributed by atoms with Gasteiger partial charge in [0.15, 0.2) is 0 Å². The third-order valence-corrected chi connectivity index (χ3v) is 3.65. The molecule has 0 bridgehead atoms. The largest absolute Gasteiger partial charge is 0.385 e. The third-order valence-electron chi connectivity index (χ3n) is 3.65. The van der Waals surface area contributed by atoms with Crippen molar-refractivity contribution in [3.63, 3.8) is 0 Å². The SMILES string of the molecule is NCCC1(O)CCc2[nH]nc(C3CC3)c21. The van der Waals surface area contributed by atoms with E-state index < -0.39 is 5.60 Å². The van der Waals surface area contributed by atoms with Gasteiger partial charge in [0.2, 0.25) is 0 Å². The summed E-state index contributed by atoms with van der Waals surface area (Å²) in [7, 11) is 0. The Bertz CT molecular complexity index is 383. The van der Waals surface area contributed by atoms with Gasteiger partial charge in [0, 0.05) is 17.2 Å². The molecule has 15 heavy (non-hydrogen) atoms. The molecular formula is C11H17N3O. The summed E-state index contributed by atoms with van der Waals surface area (Å²) in [5.41, 5.74) is 8.19. The minimum atomic E-state index is -0.699. The Morgan fingerprint density at radius 3 is 3.00 bits per heavy atom. The van der Waals surface area contributed by atoms with Gasteiger partial charge in [-0.15, -0.1) is 0 Å². The van der Waals surface area contributed by atoms with E-state index >= 15 is 0 Å². The molecule has 4 N–H and O–H groups in total. The number of nitrogens with one attached hydrogen (secondary N) is 1. The van der Waals surface area contributed by atoms with E-state index in [9.17, 15) is 5.11 Å². The molecule has 1 atom stereocenters. The number of fused-ring (bicyclic) bond motifs is 1. The number of aromatic amines is 1. The molecule has 4 nitrogen and oxygen atoms in total. The van der Waals surface area contributed by atoms with Crippen LogP contribution in [0.3, 0.4) is 0 Å². The quantitative estimate of drug-likeness (QED) is 0.685. The van der Waals surface area contributed by atoms with Gasteiger partial charge < -0.3 is 10.8 Å². The lowest BCUT2D eigenvalue weighted by Crippen LogP contribution is -2.26. The van der Waals surface area contributed by atoms with Crippen molar-refractivity contribution < 1.29 is 5.11 Å². The smallest absolute Gasteiger partial charge is 0.0948 e. The van der Waals surface area contributed by atoms with Crippen molar-refractivity contribution in [1.82, 2.24) is 10.2 Å². The van der Waals surface area contributed by atoms with E-state index in [1.54, 1.807) is 0 Å². The molecular weight excluding hydrogens is 190 g/mol. The van der Waals surface area contributed by atoms with Crippen molar-refractivity contribution >= 4 is 0 Å². The van der Waals surface area contributed by atoms with Crippen molar-refractivity contribution in [3.8, 4) is 0 Å². The Morgan fingerprint density at radius 2 is 2.33 bits per heavy atom. The molecule has 1 aromatic rings. The Labute approximate surface area is 88.9 Å². The Kier molecular flexibility index (Phi) is 1.91. The molecule has 1 saturated carbocycles. The number of aromatic nitrogens is 2. The summed E-state index contributed by atoms with van der Waals surface area (Å²) in [6, 6.07) is 0. The molecule has 1 aromatic heterocycles. The highest BCUT2D eigenvalue weighted by Crippen LogP contribution is 2.48. The maximum Gasteiger partial charge on any atom is 0.0948 e. The average molecular weight is 207 g/mol. The zero-order valence-electron chi connectivity index (χ0n) is 8.79. The lowest BCUT2D eigenvalue weighted by atomic mass is 9.91. The first-order chi connectivity index (χ1) is 7.24. The summed E-state index contributed by atoms with van der Waals surface area (Å²) in [4.78, 5) is 0. The van der Waals surface area contributed by atoms with Gasteiger partial charge in [-0.2, -0.15) is 5.10 Å². The Morgan fingerprint density at radius 1 is 1.53 bits per heavy atom. The van der Waals surface area contributed by atoms with Gasteiger partial charge in [-0.05, 0) is 38.6 Å². The summed E-state index contributed by atoms with van der Waals surface area (Å²) in [6.45, 7) is 0.533. The molecule has 0 amide bonds. The molecule has 2 aliphatic rings. The van der Waals surface area contributed by atoms with Gasteiger partial charge in [0.1, 0.15) is 0 Å². The molecule has 3 rings (SSSR count). The molecule has 0 aromatic carbocycles. The number of H-pyrrole nitrogens is 1. The maximum absolute atomic E-state index is 10.5. The van der Waals surface area contributed by atoms with E-state index in [-0.39, 0.29) is 0 Å². The number of rotatable bonds is 3. The first-order valence-electron chi connectivity index (χ1n) is 5.74. The number of aliphatic hydroxyl groups is 1. The van der Waals surface area contributed by atoms with Crippen molar-refractivity contribution in [2.45, 2.75) is 43.6 Å². The number of nitrogens with two attached hydrogens (primary N) is 1. The Balaban J connectivity index is 2.02. The number of hydrogen-bond donors (Lipinski definition) is 3. The van der Waals surface area contributed by atoms with E-state index in [0.717, 1.165) is 29.8 Å². The van der Waals surface area contributed by atoms with E-state index in [1.807, 2.05) is 0 Å². The Hall–Kier alpha value is -0.870. The molecule has 1 unspecified atom stereocenters. The lowest BCUT2D eigenvalue weighted by Gasteiger charge is -2.23. The lowest BCUT2D eigenvalue weighted by molar-refractivity contribution is 0.0310. The van der Waals surface area contributed by atoms with Crippen LogP contribution in [0.15, 0.2) is 0 Å². The number of hydrogen-bond acceptors (Lipinski definition) is 3. The number of aryl methyl sites for hydroxylation is 1. The van der Waals surface area contributed by atoms with Crippen LogP contribution in [-0.2, 0) is 12.0 Å². The summed E-state index contributed by atoms with van der Waals surface area (Å²) in [5, 5.41) is 18.0. The standard InChI is InChI=1S/C11H17N3O/c12-6-5-11(15)4-3-8-9(11)10(14-13-8)7-1-2-7/h7,15H,1-6,12H2,(H,13,14). The molecule has 2 aliphatic carbocycles. The van der Waals surface area contributed by atoms with Gasteiger partial charge in [-0.1, -0.05) is 0 Å². The molecule has 4 heteroatoms. The second-order valence-corrected chi connectivity index (χ2v) is 4.81. The van der Waals surface area contributed by atoms with Crippen LogP contribution in [0.25, 0.3) is 0 Å². The molecule has 1 heterocycles. The van der Waals surface area contributed by atoms with E-state index in [4.69, 9.17) is 5.73 Å². The predicted molar refractivity (Wildman–Crippen MR) is 56.5 cm³/mol. The fourth-order valence-electron chi connectivity index (χ4n) is 2.69. The highest BCUT2D eigenvalue weighted by Gasteiger charge is 2.43. The first-order valence-corrected chi connectivity index (χ1v) is 5.74.